The summed E-state index contributed by atoms with van der Waals surface area (Å²) in [4.78, 5) is 18.0. The topological polar surface area (TPSA) is 48.5 Å². The van der Waals surface area contributed by atoms with Crippen LogP contribution in [-0.4, -0.2) is 54.0 Å². The number of piperazine rings is 1. The Morgan fingerprint density at radius 2 is 2.12 bits per heavy atom. The van der Waals surface area contributed by atoms with Crippen molar-refractivity contribution in [2.75, 3.05) is 33.2 Å². The van der Waals surface area contributed by atoms with Crippen molar-refractivity contribution in [2.45, 2.75) is 0 Å². The molecule has 0 bridgehead atoms. The van der Waals surface area contributed by atoms with Crippen molar-refractivity contribution >= 4 is 17.5 Å². The number of amides is 1. The first-order chi connectivity index (χ1) is 8.16. The van der Waals surface area contributed by atoms with Gasteiger partial charge in [-0.2, -0.15) is 0 Å². The Bertz CT molecular complexity index is 404. The van der Waals surface area contributed by atoms with E-state index >= 15 is 0 Å². The highest BCUT2D eigenvalue weighted by atomic mass is 35.5. The number of nitrogens with zero attached hydrogens (tertiary/aromatic N) is 3. The molecule has 1 amide bonds. The van der Waals surface area contributed by atoms with Gasteiger partial charge in [0.15, 0.2) is 0 Å². The van der Waals surface area contributed by atoms with Crippen LogP contribution in [0.25, 0.3) is 0 Å². The molecule has 0 atom stereocenters. The molecule has 1 fully saturated rings. The van der Waals surface area contributed by atoms with Crippen molar-refractivity contribution in [2.24, 2.45) is 0 Å². The molecule has 1 saturated heterocycles. The Balaban J connectivity index is 1.96. The number of hydrogen-bond acceptors (Lipinski definition) is 4. The molecule has 1 aromatic rings. The number of rotatable bonds is 2. The highest BCUT2D eigenvalue weighted by Gasteiger charge is 2.17. The predicted octanol–water partition coefficient (Wildman–Crippen LogP) is 0.627. The second-order valence-electron chi connectivity index (χ2n) is 4.09. The molecular formula is C11H15ClN4O. The highest BCUT2D eigenvalue weighted by Crippen LogP contribution is 2.13. The summed E-state index contributed by atoms with van der Waals surface area (Å²) >= 11 is 5.91. The molecule has 0 unspecified atom stereocenters. The maximum atomic E-state index is 11.9. The third kappa shape index (κ3) is 3.15. The van der Waals surface area contributed by atoms with Crippen LogP contribution in [0.1, 0.15) is 10.4 Å². The van der Waals surface area contributed by atoms with Crippen LogP contribution in [0.15, 0.2) is 18.5 Å². The minimum Gasteiger partial charge on any atom is -0.304 e. The molecule has 5 nitrogen and oxygen atoms in total. The van der Waals surface area contributed by atoms with E-state index in [1.165, 1.54) is 6.20 Å². The zero-order chi connectivity index (χ0) is 12.3. The normalized spacial score (nSPS) is 18.0. The van der Waals surface area contributed by atoms with E-state index in [9.17, 15) is 4.79 Å². The van der Waals surface area contributed by atoms with Gasteiger partial charge in [0.2, 0.25) is 0 Å². The number of hydrogen-bond donors (Lipinski definition) is 1. The first kappa shape index (κ1) is 12.3. The number of carbonyl (C=O) groups is 1. The van der Waals surface area contributed by atoms with Crippen LogP contribution in [0.2, 0.25) is 5.02 Å². The van der Waals surface area contributed by atoms with Crippen molar-refractivity contribution in [3.63, 3.8) is 0 Å². The number of hydrazine groups is 1. The summed E-state index contributed by atoms with van der Waals surface area (Å²) in [6.07, 6.45) is 3.03. The average molecular weight is 255 g/mol. The van der Waals surface area contributed by atoms with E-state index in [4.69, 9.17) is 11.6 Å². The van der Waals surface area contributed by atoms with E-state index in [0.717, 1.165) is 26.2 Å². The summed E-state index contributed by atoms with van der Waals surface area (Å²) < 4.78 is 0. The number of carbonyl (C=O) groups excluding carboxylic acids is 1. The smallest absolute Gasteiger partial charge is 0.267 e. The van der Waals surface area contributed by atoms with Gasteiger partial charge in [-0.1, -0.05) is 11.6 Å². The molecule has 1 aliphatic heterocycles. The Morgan fingerprint density at radius 3 is 2.76 bits per heavy atom. The summed E-state index contributed by atoms with van der Waals surface area (Å²) in [6, 6.07) is 1.62. The third-order valence-corrected chi connectivity index (χ3v) is 3.08. The van der Waals surface area contributed by atoms with Crippen molar-refractivity contribution in [1.82, 2.24) is 20.3 Å². The molecule has 2 rings (SSSR count). The summed E-state index contributed by atoms with van der Waals surface area (Å²) in [5, 5.41) is 2.29. The van der Waals surface area contributed by atoms with Gasteiger partial charge in [0.25, 0.3) is 5.91 Å². The number of aromatic nitrogens is 1. The molecule has 1 aliphatic rings. The van der Waals surface area contributed by atoms with Crippen LogP contribution in [0.4, 0.5) is 0 Å². The lowest BCUT2D eigenvalue weighted by Crippen LogP contribution is -2.52. The first-order valence-electron chi connectivity index (χ1n) is 5.51. The van der Waals surface area contributed by atoms with Gasteiger partial charge in [0, 0.05) is 38.6 Å². The van der Waals surface area contributed by atoms with Crippen molar-refractivity contribution in [3.8, 4) is 0 Å². The highest BCUT2D eigenvalue weighted by molar-refractivity contribution is 6.33. The van der Waals surface area contributed by atoms with Crippen LogP contribution >= 0.6 is 11.6 Å². The lowest BCUT2D eigenvalue weighted by atomic mass is 10.2. The Morgan fingerprint density at radius 1 is 1.41 bits per heavy atom. The minimum absolute atomic E-state index is 0.179. The molecular weight excluding hydrogens is 240 g/mol. The van der Waals surface area contributed by atoms with E-state index in [1.54, 1.807) is 12.3 Å². The molecule has 92 valence electrons. The second-order valence-corrected chi connectivity index (χ2v) is 4.49. The largest absolute Gasteiger partial charge is 0.304 e. The monoisotopic (exact) mass is 254 g/mol. The number of nitrogens with one attached hydrogen (secondary N) is 1. The lowest BCUT2D eigenvalue weighted by Gasteiger charge is -2.32. The molecule has 0 aromatic carbocycles. The van der Waals surface area contributed by atoms with Crippen LogP contribution in [0, 0.1) is 0 Å². The number of pyridine rings is 1. The van der Waals surface area contributed by atoms with Crippen molar-refractivity contribution in [3.05, 3.63) is 29.0 Å². The van der Waals surface area contributed by atoms with E-state index in [-0.39, 0.29) is 5.91 Å². The van der Waals surface area contributed by atoms with Gasteiger partial charge >= 0.3 is 0 Å². The van der Waals surface area contributed by atoms with Crippen LogP contribution in [0.5, 0.6) is 0 Å². The molecule has 17 heavy (non-hydrogen) atoms. The Labute approximate surface area is 105 Å². The first-order valence-corrected chi connectivity index (χ1v) is 5.88. The van der Waals surface area contributed by atoms with Crippen LogP contribution in [-0.2, 0) is 0 Å². The van der Waals surface area contributed by atoms with Gasteiger partial charge in [-0.15, -0.1) is 0 Å². The molecule has 0 aliphatic carbocycles. The Kier molecular flexibility index (Phi) is 3.93. The van der Waals surface area contributed by atoms with Crippen molar-refractivity contribution in [1.29, 1.82) is 0 Å². The fraction of sp³-hybridized carbons (Fsp3) is 0.455. The molecule has 1 N–H and O–H groups in total. The summed E-state index contributed by atoms with van der Waals surface area (Å²) in [5.74, 6) is -0.179. The van der Waals surface area contributed by atoms with Gasteiger partial charge in [0.1, 0.15) is 0 Å². The quantitative estimate of drug-likeness (QED) is 0.841. The predicted molar refractivity (Wildman–Crippen MR) is 65.8 cm³/mol. The van der Waals surface area contributed by atoms with E-state index in [0.29, 0.717) is 10.6 Å². The Hall–Kier alpha value is -1.17. The standard InChI is InChI=1S/C11H15ClN4O/c1-15-4-6-16(7-5-15)14-11(17)9-2-3-13-8-10(9)12/h2-3,8H,4-7H2,1H3,(H,14,17). The molecule has 0 saturated carbocycles. The molecule has 6 heteroatoms. The fourth-order valence-corrected chi connectivity index (χ4v) is 1.89. The van der Waals surface area contributed by atoms with E-state index in [2.05, 4.69) is 22.4 Å². The summed E-state index contributed by atoms with van der Waals surface area (Å²) in [7, 11) is 2.07. The minimum atomic E-state index is -0.179. The maximum Gasteiger partial charge on any atom is 0.267 e. The molecule has 1 aromatic heterocycles. The van der Waals surface area contributed by atoms with Crippen LogP contribution in [0.3, 0.4) is 0 Å². The molecule has 2 heterocycles. The SMILES string of the molecule is CN1CCN(NC(=O)c2ccncc2Cl)CC1. The van der Waals surface area contributed by atoms with Crippen molar-refractivity contribution < 1.29 is 4.79 Å². The van der Waals surface area contributed by atoms with Crippen LogP contribution < -0.4 is 5.43 Å². The second kappa shape index (κ2) is 5.44. The molecule has 0 radical (unpaired) electrons. The van der Waals surface area contributed by atoms with E-state index < -0.39 is 0 Å². The van der Waals surface area contributed by atoms with Gasteiger partial charge in [0.05, 0.1) is 10.6 Å². The maximum absolute atomic E-state index is 11.9. The number of halogens is 1. The zero-order valence-corrected chi connectivity index (χ0v) is 10.4. The average Bonchev–Trinajstić information content (AvgIpc) is 2.32. The van der Waals surface area contributed by atoms with Gasteiger partial charge in [-0.3, -0.25) is 15.2 Å². The lowest BCUT2D eigenvalue weighted by molar-refractivity contribution is 0.0662. The van der Waals surface area contributed by atoms with Gasteiger partial charge in [-0.25, -0.2) is 5.01 Å². The van der Waals surface area contributed by atoms with E-state index in [1.807, 2.05) is 5.01 Å². The molecule has 0 spiro atoms. The third-order valence-electron chi connectivity index (χ3n) is 2.78. The summed E-state index contributed by atoms with van der Waals surface area (Å²) in [5.41, 5.74) is 3.31. The zero-order valence-electron chi connectivity index (χ0n) is 9.69. The summed E-state index contributed by atoms with van der Waals surface area (Å²) in [6.45, 7) is 3.55. The number of likely N-dealkylation sites (N-methyl/N-ethyl adjacent to an activating group) is 1. The van der Waals surface area contributed by atoms with Gasteiger partial charge in [-0.05, 0) is 13.1 Å². The van der Waals surface area contributed by atoms with Gasteiger partial charge < -0.3 is 4.90 Å². The fourth-order valence-electron chi connectivity index (χ4n) is 1.68.